The minimum Gasteiger partial charge on any atom is -0.497 e. The molecule has 4 aromatic rings. The smallest absolute Gasteiger partial charge is 0.338 e. The van der Waals surface area contributed by atoms with Gasteiger partial charge in [-0.2, -0.15) is 0 Å². The van der Waals surface area contributed by atoms with Crippen molar-refractivity contribution in [3.63, 3.8) is 0 Å². The number of nitrogens with zero attached hydrogens (tertiary/aromatic N) is 1. The molecule has 0 radical (unpaired) electrons. The number of aromatic nitrogens is 1. The Morgan fingerprint density at radius 3 is 2.54 bits per heavy atom. The molecule has 0 fully saturated rings. The van der Waals surface area contributed by atoms with Crippen molar-refractivity contribution < 1.29 is 19.1 Å². The average Bonchev–Trinajstić information content (AvgIpc) is 2.93. The number of fused-ring (bicyclic) bond motifs is 1. The molecule has 2 N–H and O–H groups in total. The second-order valence-corrected chi connectivity index (χ2v) is 8.62. The fourth-order valence-electron chi connectivity index (χ4n) is 4.39. The molecule has 0 saturated heterocycles. The summed E-state index contributed by atoms with van der Waals surface area (Å²) in [5.41, 5.74) is 7.00. The topological polar surface area (TPSA) is 89.6 Å². The molecule has 5 rings (SSSR count). The molecule has 2 heterocycles. The van der Waals surface area contributed by atoms with Gasteiger partial charge in [0, 0.05) is 30.3 Å². The monoisotopic (exact) mass is 493 g/mol. The van der Waals surface area contributed by atoms with Gasteiger partial charge in [-0.05, 0) is 54.4 Å². The second kappa shape index (κ2) is 10.5. The largest absolute Gasteiger partial charge is 0.497 e. The highest BCUT2D eigenvalue weighted by molar-refractivity contribution is 6.03. The minimum atomic E-state index is -0.332. The molecule has 0 spiro atoms. The fourth-order valence-corrected chi connectivity index (χ4v) is 4.39. The maximum absolute atomic E-state index is 12.8. The molecule has 3 aromatic carbocycles. The van der Waals surface area contributed by atoms with Gasteiger partial charge in [0.05, 0.1) is 41.9 Å². The van der Waals surface area contributed by atoms with Crippen LogP contribution in [0.4, 0.5) is 11.4 Å². The van der Waals surface area contributed by atoms with E-state index in [4.69, 9.17) is 14.5 Å². The number of hydrogen-bond donors (Lipinski definition) is 2. The quantitative estimate of drug-likeness (QED) is 0.324. The average molecular weight is 494 g/mol. The number of carbonyl (C=O) groups is 2. The zero-order valence-electron chi connectivity index (χ0n) is 20.7. The van der Waals surface area contributed by atoms with E-state index in [1.165, 1.54) is 0 Å². The maximum Gasteiger partial charge on any atom is 0.338 e. The van der Waals surface area contributed by atoms with Crippen LogP contribution in [0.5, 0.6) is 5.75 Å². The fraction of sp³-hybridized carbons (Fsp3) is 0.167. The third-order valence-corrected chi connectivity index (χ3v) is 6.21. The van der Waals surface area contributed by atoms with Gasteiger partial charge in [0.15, 0.2) is 0 Å². The Balaban J connectivity index is 1.52. The highest BCUT2D eigenvalue weighted by Gasteiger charge is 2.24. The first-order valence-electron chi connectivity index (χ1n) is 12.2. The first-order valence-corrected chi connectivity index (χ1v) is 12.2. The molecule has 1 amide bonds. The Labute approximate surface area is 215 Å². The molecule has 1 aliphatic rings. The normalized spacial score (nSPS) is 12.3. The maximum atomic E-state index is 12.8. The van der Waals surface area contributed by atoms with Crippen LogP contribution in [0.2, 0.25) is 0 Å². The molecule has 186 valence electrons. The number of pyridine rings is 1. The lowest BCUT2D eigenvalue weighted by atomic mass is 9.98. The van der Waals surface area contributed by atoms with Crippen molar-refractivity contribution in [3.05, 3.63) is 95.7 Å². The van der Waals surface area contributed by atoms with E-state index in [9.17, 15) is 9.59 Å². The number of ether oxygens (including phenoxy) is 2. The predicted molar refractivity (Wildman–Crippen MR) is 143 cm³/mol. The number of anilines is 2. The summed E-state index contributed by atoms with van der Waals surface area (Å²) >= 11 is 0. The molecular formula is C30H27N3O4. The number of nitrogens with one attached hydrogen (secondary N) is 2. The number of methoxy groups -OCH3 is 1. The molecule has 0 aliphatic carbocycles. The van der Waals surface area contributed by atoms with Crippen LogP contribution in [0, 0.1) is 0 Å². The molecule has 0 atom stereocenters. The molecule has 0 bridgehead atoms. The predicted octanol–water partition coefficient (Wildman–Crippen LogP) is 5.63. The zero-order chi connectivity index (χ0) is 25.8. The lowest BCUT2D eigenvalue weighted by Gasteiger charge is -2.21. The lowest BCUT2D eigenvalue weighted by molar-refractivity contribution is 0.0526. The summed E-state index contributed by atoms with van der Waals surface area (Å²) in [4.78, 5) is 29.6. The number of hydrogen-bond acceptors (Lipinski definition) is 6. The summed E-state index contributed by atoms with van der Waals surface area (Å²) in [7, 11) is 1.62. The van der Waals surface area contributed by atoms with E-state index in [0.29, 0.717) is 36.4 Å². The summed E-state index contributed by atoms with van der Waals surface area (Å²) in [6.45, 7) is 2.68. The summed E-state index contributed by atoms with van der Waals surface area (Å²) in [5.74, 6) is 0.251. The number of benzene rings is 3. The van der Waals surface area contributed by atoms with E-state index in [2.05, 4.69) is 16.7 Å². The van der Waals surface area contributed by atoms with Gasteiger partial charge >= 0.3 is 5.97 Å². The van der Waals surface area contributed by atoms with Crippen LogP contribution in [0.25, 0.3) is 22.4 Å². The molecular weight excluding hydrogens is 466 g/mol. The molecule has 7 heteroatoms. The van der Waals surface area contributed by atoms with Crippen LogP contribution in [0.3, 0.4) is 0 Å². The number of amides is 1. The first-order chi connectivity index (χ1) is 18.1. The molecule has 1 aromatic heterocycles. The van der Waals surface area contributed by atoms with Crippen LogP contribution in [0.15, 0.2) is 78.9 Å². The third-order valence-electron chi connectivity index (χ3n) is 6.21. The van der Waals surface area contributed by atoms with E-state index < -0.39 is 0 Å². The minimum absolute atomic E-state index is 0.138. The Hall–Kier alpha value is -4.65. The van der Waals surface area contributed by atoms with Gasteiger partial charge in [-0.25, -0.2) is 4.79 Å². The van der Waals surface area contributed by atoms with Crippen molar-refractivity contribution in [2.24, 2.45) is 0 Å². The van der Waals surface area contributed by atoms with Crippen molar-refractivity contribution in [1.29, 1.82) is 0 Å². The van der Waals surface area contributed by atoms with Gasteiger partial charge in [0.2, 0.25) is 0 Å². The van der Waals surface area contributed by atoms with Crippen LogP contribution in [0.1, 0.15) is 33.3 Å². The summed E-state index contributed by atoms with van der Waals surface area (Å²) < 4.78 is 10.4. The van der Waals surface area contributed by atoms with E-state index in [1.807, 2.05) is 60.7 Å². The highest BCUT2D eigenvalue weighted by atomic mass is 16.5. The summed E-state index contributed by atoms with van der Waals surface area (Å²) in [6, 6.07) is 24.9. The van der Waals surface area contributed by atoms with Crippen molar-refractivity contribution in [2.45, 2.75) is 13.3 Å². The van der Waals surface area contributed by atoms with Crippen LogP contribution >= 0.6 is 0 Å². The van der Waals surface area contributed by atoms with E-state index in [-0.39, 0.29) is 11.9 Å². The van der Waals surface area contributed by atoms with Gasteiger partial charge in [0.1, 0.15) is 5.75 Å². The van der Waals surface area contributed by atoms with E-state index >= 15 is 0 Å². The first kappa shape index (κ1) is 24.1. The van der Waals surface area contributed by atoms with Crippen molar-refractivity contribution in [3.8, 4) is 28.1 Å². The zero-order valence-corrected chi connectivity index (χ0v) is 20.7. The number of carbonyl (C=O) groups excluding carboxylic acids is 2. The summed E-state index contributed by atoms with van der Waals surface area (Å²) in [6.07, 6.45) is 0.650. The van der Waals surface area contributed by atoms with E-state index in [1.54, 1.807) is 26.2 Å². The van der Waals surface area contributed by atoms with Gasteiger partial charge in [-0.15, -0.1) is 0 Å². The van der Waals surface area contributed by atoms with E-state index in [0.717, 1.165) is 39.5 Å². The Morgan fingerprint density at radius 2 is 1.76 bits per heavy atom. The van der Waals surface area contributed by atoms with Gasteiger partial charge < -0.3 is 20.1 Å². The Morgan fingerprint density at radius 1 is 0.973 bits per heavy atom. The molecule has 0 unspecified atom stereocenters. The molecule has 0 saturated carbocycles. The summed E-state index contributed by atoms with van der Waals surface area (Å²) in [5, 5.41) is 6.32. The second-order valence-electron chi connectivity index (χ2n) is 8.62. The highest BCUT2D eigenvalue weighted by Crippen LogP contribution is 2.33. The molecule has 37 heavy (non-hydrogen) atoms. The number of esters is 1. The molecule has 7 nitrogen and oxygen atoms in total. The van der Waals surface area contributed by atoms with Crippen LogP contribution < -0.4 is 15.4 Å². The van der Waals surface area contributed by atoms with Crippen molar-refractivity contribution in [2.75, 3.05) is 25.6 Å². The standard InChI is InChI=1S/C30H27N3O4/c1-3-37-30(35)20-12-10-19(11-13-20)21-6-4-7-22(16-21)26-18-27(28-25(33-26)14-15-31-29(28)34)32-23-8-5-9-24(17-23)36-2/h4-13,16-18H,3,14-15H2,1-2H3,(H,31,34)(H,32,33). The third kappa shape index (κ3) is 5.16. The Kier molecular flexibility index (Phi) is 6.85. The van der Waals surface area contributed by atoms with Crippen LogP contribution in [-0.4, -0.2) is 37.1 Å². The van der Waals surface area contributed by atoms with Gasteiger partial charge in [-0.1, -0.05) is 36.4 Å². The van der Waals surface area contributed by atoms with Crippen molar-refractivity contribution in [1.82, 2.24) is 10.3 Å². The SMILES string of the molecule is CCOC(=O)c1ccc(-c2cccc(-c3cc(Nc4cccc(OC)c4)c4c(n3)CCNC4=O)c2)cc1. The van der Waals surface area contributed by atoms with Crippen molar-refractivity contribution >= 4 is 23.3 Å². The van der Waals surface area contributed by atoms with Gasteiger partial charge in [-0.3, -0.25) is 9.78 Å². The van der Waals surface area contributed by atoms with Gasteiger partial charge in [0.25, 0.3) is 5.91 Å². The lowest BCUT2D eigenvalue weighted by Crippen LogP contribution is -2.33. The molecule has 1 aliphatic heterocycles. The Bertz CT molecular complexity index is 1460. The van der Waals surface area contributed by atoms with Crippen LogP contribution in [-0.2, 0) is 11.2 Å². The number of rotatable bonds is 7.